The lowest BCUT2D eigenvalue weighted by Gasteiger charge is -2.41. The first-order valence-electron chi connectivity index (χ1n) is 10.2. The summed E-state index contributed by atoms with van der Waals surface area (Å²) in [6.45, 7) is 7.97. The topological polar surface area (TPSA) is 96.3 Å². The van der Waals surface area contributed by atoms with Crippen molar-refractivity contribution >= 4 is 17.8 Å². The summed E-state index contributed by atoms with van der Waals surface area (Å²) in [5, 5.41) is 9.66. The number of amides is 4. The predicted octanol–water partition coefficient (Wildman–Crippen LogP) is 1.83. The van der Waals surface area contributed by atoms with Crippen LogP contribution in [-0.4, -0.2) is 51.2 Å². The molecule has 0 unspecified atom stereocenters. The number of rotatable bonds is 7. The maximum atomic E-state index is 12.6. The van der Waals surface area contributed by atoms with Gasteiger partial charge >= 0.3 is 6.03 Å². The number of carbonyl (C=O) groups excluding carboxylic acids is 3. The number of hydrogen-bond donors (Lipinski definition) is 2. The number of aryl methyl sites for hydroxylation is 2. The quantitative estimate of drug-likeness (QED) is 0.696. The van der Waals surface area contributed by atoms with Crippen molar-refractivity contribution in [3.63, 3.8) is 0 Å². The van der Waals surface area contributed by atoms with Gasteiger partial charge in [0.15, 0.2) is 0 Å². The van der Waals surface area contributed by atoms with Gasteiger partial charge in [-0.3, -0.25) is 19.6 Å². The molecule has 28 heavy (non-hydrogen) atoms. The molecule has 1 aromatic heterocycles. The van der Waals surface area contributed by atoms with Crippen molar-refractivity contribution in [1.29, 1.82) is 0 Å². The molecule has 2 aliphatic heterocycles. The lowest BCUT2D eigenvalue weighted by Crippen LogP contribution is -2.56. The Morgan fingerprint density at radius 1 is 1.32 bits per heavy atom. The van der Waals surface area contributed by atoms with E-state index in [1.807, 2.05) is 24.1 Å². The van der Waals surface area contributed by atoms with E-state index in [1.165, 1.54) is 0 Å². The second-order valence-corrected chi connectivity index (χ2v) is 8.44. The first-order chi connectivity index (χ1) is 13.3. The first-order valence-corrected chi connectivity index (χ1v) is 10.2. The van der Waals surface area contributed by atoms with E-state index in [4.69, 9.17) is 0 Å². The fourth-order valence-electron chi connectivity index (χ4n) is 4.27. The molecule has 0 aromatic carbocycles. The maximum absolute atomic E-state index is 12.6. The molecule has 1 atom stereocenters. The smallest absolute Gasteiger partial charge is 0.322 e. The average molecular weight is 390 g/mol. The van der Waals surface area contributed by atoms with Gasteiger partial charge in [0.25, 0.3) is 5.91 Å². The second kappa shape index (κ2) is 8.32. The molecule has 2 saturated heterocycles. The van der Waals surface area contributed by atoms with Crippen LogP contribution in [0.1, 0.15) is 51.6 Å². The molecule has 2 aliphatic rings. The minimum Gasteiger partial charge on any atom is -0.343 e. The third-order valence-corrected chi connectivity index (χ3v) is 5.96. The largest absolute Gasteiger partial charge is 0.343 e. The number of likely N-dealkylation sites (tertiary alicyclic amines) is 1. The van der Waals surface area contributed by atoms with Crippen molar-refractivity contribution in [2.24, 2.45) is 11.8 Å². The van der Waals surface area contributed by atoms with Gasteiger partial charge < -0.3 is 10.2 Å². The lowest BCUT2D eigenvalue weighted by molar-refractivity contribution is -0.134. The highest BCUT2D eigenvalue weighted by Crippen LogP contribution is 2.35. The number of aromatic nitrogens is 2. The molecule has 0 aliphatic carbocycles. The van der Waals surface area contributed by atoms with Crippen LogP contribution in [0.25, 0.3) is 0 Å². The predicted molar refractivity (Wildman–Crippen MR) is 104 cm³/mol. The van der Waals surface area contributed by atoms with Crippen LogP contribution in [0.15, 0.2) is 12.3 Å². The molecular weight excluding hydrogens is 358 g/mol. The van der Waals surface area contributed by atoms with Gasteiger partial charge in [-0.25, -0.2) is 4.79 Å². The number of piperidine rings is 1. The van der Waals surface area contributed by atoms with Crippen LogP contribution < -0.4 is 10.6 Å². The molecule has 0 saturated carbocycles. The average Bonchev–Trinajstić information content (AvgIpc) is 3.20. The third kappa shape index (κ3) is 4.36. The third-order valence-electron chi connectivity index (χ3n) is 5.96. The van der Waals surface area contributed by atoms with Gasteiger partial charge in [-0.05, 0) is 50.5 Å². The second-order valence-electron chi connectivity index (χ2n) is 8.44. The molecular formula is C20H31N5O3. The van der Waals surface area contributed by atoms with Gasteiger partial charge in [0, 0.05) is 32.3 Å². The van der Waals surface area contributed by atoms with Gasteiger partial charge in [-0.1, -0.05) is 13.8 Å². The van der Waals surface area contributed by atoms with E-state index in [0.29, 0.717) is 38.4 Å². The summed E-state index contributed by atoms with van der Waals surface area (Å²) < 4.78 is 1.79. The maximum Gasteiger partial charge on any atom is 0.322 e. The molecule has 0 radical (unpaired) electrons. The van der Waals surface area contributed by atoms with Crippen LogP contribution in [0.3, 0.4) is 0 Å². The number of imide groups is 1. The van der Waals surface area contributed by atoms with Gasteiger partial charge in [0.05, 0.1) is 5.69 Å². The van der Waals surface area contributed by atoms with Crippen molar-refractivity contribution in [3.05, 3.63) is 18.0 Å². The van der Waals surface area contributed by atoms with Crippen molar-refractivity contribution in [2.45, 2.75) is 65.0 Å². The highest BCUT2D eigenvalue weighted by molar-refractivity contribution is 6.07. The van der Waals surface area contributed by atoms with Crippen LogP contribution in [-0.2, 0) is 16.1 Å². The van der Waals surface area contributed by atoms with Crippen molar-refractivity contribution in [3.8, 4) is 0 Å². The Kier molecular flexibility index (Phi) is 6.05. The Hall–Kier alpha value is -2.38. The van der Waals surface area contributed by atoms with E-state index in [9.17, 15) is 14.4 Å². The highest BCUT2D eigenvalue weighted by Gasteiger charge is 2.51. The van der Waals surface area contributed by atoms with Crippen LogP contribution in [0.5, 0.6) is 0 Å². The van der Waals surface area contributed by atoms with E-state index in [1.54, 1.807) is 4.68 Å². The molecule has 1 aromatic rings. The van der Waals surface area contributed by atoms with Crippen molar-refractivity contribution in [2.75, 3.05) is 13.1 Å². The fraction of sp³-hybridized carbons (Fsp3) is 0.700. The zero-order chi connectivity index (χ0) is 20.3. The summed E-state index contributed by atoms with van der Waals surface area (Å²) in [6.07, 6.45) is 5.25. The normalized spacial score (nSPS) is 23.2. The zero-order valence-electron chi connectivity index (χ0n) is 17.0. The SMILES string of the molecule is Cc1ccn(CCC(=O)N2CCC([C@@]3(CCC(C)C)NC(=O)NC3=O)CC2)n1. The van der Waals surface area contributed by atoms with Crippen molar-refractivity contribution < 1.29 is 14.4 Å². The van der Waals surface area contributed by atoms with E-state index in [0.717, 1.165) is 25.0 Å². The lowest BCUT2D eigenvalue weighted by atomic mass is 9.74. The highest BCUT2D eigenvalue weighted by atomic mass is 16.2. The molecule has 0 spiro atoms. The van der Waals surface area contributed by atoms with Crippen LogP contribution >= 0.6 is 0 Å². The van der Waals surface area contributed by atoms with Crippen LogP contribution in [0.4, 0.5) is 4.79 Å². The summed E-state index contributed by atoms with van der Waals surface area (Å²) in [5.41, 5.74) is 0.111. The fourth-order valence-corrected chi connectivity index (χ4v) is 4.27. The molecule has 2 fully saturated rings. The Labute approximate surface area is 166 Å². The van der Waals surface area contributed by atoms with E-state index in [2.05, 4.69) is 29.6 Å². The number of carbonyl (C=O) groups is 3. The molecule has 2 N–H and O–H groups in total. The van der Waals surface area contributed by atoms with E-state index in [-0.39, 0.29) is 17.7 Å². The number of urea groups is 1. The Balaban J connectivity index is 1.57. The summed E-state index contributed by atoms with van der Waals surface area (Å²) >= 11 is 0. The summed E-state index contributed by atoms with van der Waals surface area (Å²) in [7, 11) is 0. The summed E-state index contributed by atoms with van der Waals surface area (Å²) in [4.78, 5) is 38.9. The number of nitrogens with one attached hydrogen (secondary N) is 2. The number of hydrogen-bond acceptors (Lipinski definition) is 4. The van der Waals surface area contributed by atoms with E-state index < -0.39 is 11.6 Å². The van der Waals surface area contributed by atoms with Gasteiger partial charge in [0.2, 0.25) is 5.91 Å². The van der Waals surface area contributed by atoms with Crippen molar-refractivity contribution in [1.82, 2.24) is 25.3 Å². The minimum atomic E-state index is -0.830. The molecule has 154 valence electrons. The molecule has 8 heteroatoms. The first kappa shape index (κ1) is 20.4. The Morgan fingerprint density at radius 3 is 2.57 bits per heavy atom. The Morgan fingerprint density at radius 2 is 2.04 bits per heavy atom. The zero-order valence-corrected chi connectivity index (χ0v) is 17.0. The van der Waals surface area contributed by atoms with Crippen LogP contribution in [0.2, 0.25) is 0 Å². The van der Waals surface area contributed by atoms with Crippen LogP contribution in [0, 0.1) is 18.8 Å². The van der Waals surface area contributed by atoms with Gasteiger partial charge in [0.1, 0.15) is 5.54 Å². The molecule has 4 amide bonds. The number of nitrogens with zero attached hydrogens (tertiary/aromatic N) is 3. The Bertz CT molecular complexity index is 736. The van der Waals surface area contributed by atoms with Gasteiger partial charge in [-0.15, -0.1) is 0 Å². The summed E-state index contributed by atoms with van der Waals surface area (Å²) in [6, 6.07) is 1.52. The minimum absolute atomic E-state index is 0.0514. The standard InChI is InChI=1S/C20H31N5O3/c1-14(2)4-9-20(18(27)21-19(28)22-20)16-6-10-24(11-7-16)17(26)8-13-25-12-5-15(3)23-25/h5,12,14,16H,4,6-11,13H2,1-3H3,(H2,21,22,27,28)/t20-/m1/s1. The molecule has 3 rings (SSSR count). The van der Waals surface area contributed by atoms with Gasteiger partial charge in [-0.2, -0.15) is 5.10 Å². The molecule has 0 bridgehead atoms. The van der Waals surface area contributed by atoms with E-state index >= 15 is 0 Å². The molecule has 3 heterocycles. The molecule has 8 nitrogen and oxygen atoms in total. The summed E-state index contributed by atoms with van der Waals surface area (Å²) in [5.74, 6) is 0.407. The monoisotopic (exact) mass is 389 g/mol.